The normalized spacial score (nSPS) is 11.8. The van der Waals surface area contributed by atoms with Crippen molar-refractivity contribution in [3.63, 3.8) is 0 Å². The zero-order valence-electron chi connectivity index (χ0n) is 11.9. The summed E-state index contributed by atoms with van der Waals surface area (Å²) in [6, 6.07) is 2.33. The van der Waals surface area contributed by atoms with Gasteiger partial charge in [-0.2, -0.15) is 5.26 Å². The summed E-state index contributed by atoms with van der Waals surface area (Å²) in [5.74, 6) is 0. The number of unbranched alkanes of at least 4 members (excludes halogenated alkanes) is 1. The molecule has 3 heteroatoms. The van der Waals surface area contributed by atoms with Crippen LogP contribution in [0.3, 0.4) is 0 Å². The maximum atomic E-state index is 8.85. The van der Waals surface area contributed by atoms with Crippen molar-refractivity contribution in [2.24, 2.45) is 5.41 Å². The van der Waals surface area contributed by atoms with Crippen molar-refractivity contribution in [1.82, 2.24) is 5.32 Å². The Kier molecular flexibility index (Phi) is 9.11. The Morgan fingerprint density at radius 1 is 1.18 bits per heavy atom. The van der Waals surface area contributed by atoms with Crippen LogP contribution in [0.15, 0.2) is 0 Å². The van der Waals surface area contributed by atoms with Crippen LogP contribution in [0.25, 0.3) is 0 Å². The van der Waals surface area contributed by atoms with Crippen molar-refractivity contribution in [3.8, 4) is 6.07 Å². The number of rotatable bonds is 10. The molecule has 0 aliphatic rings. The van der Waals surface area contributed by atoms with E-state index < -0.39 is 0 Å². The minimum Gasteiger partial charge on any atom is -0.379 e. The average molecular weight is 240 g/mol. The lowest BCUT2D eigenvalue weighted by Gasteiger charge is -2.14. The van der Waals surface area contributed by atoms with Gasteiger partial charge in [-0.1, -0.05) is 0 Å². The summed E-state index contributed by atoms with van der Waals surface area (Å²) >= 11 is 0. The van der Waals surface area contributed by atoms with Gasteiger partial charge in [0.05, 0.1) is 17.6 Å². The second-order valence-electron chi connectivity index (χ2n) is 5.48. The van der Waals surface area contributed by atoms with Crippen LogP contribution in [0.1, 0.15) is 53.4 Å². The Labute approximate surface area is 107 Å². The molecule has 100 valence electrons. The quantitative estimate of drug-likeness (QED) is 0.597. The highest BCUT2D eigenvalue weighted by molar-refractivity contribution is 4.91. The van der Waals surface area contributed by atoms with E-state index in [1.54, 1.807) is 0 Å². The number of nitriles is 1. The molecule has 1 N–H and O–H groups in total. The Bertz CT molecular complexity index is 219. The first kappa shape index (κ1) is 16.4. The number of nitrogens with one attached hydrogen (secondary N) is 1. The predicted molar refractivity (Wildman–Crippen MR) is 71.8 cm³/mol. The molecule has 0 aromatic heterocycles. The van der Waals surface area contributed by atoms with Gasteiger partial charge in [-0.3, -0.25) is 0 Å². The Balaban J connectivity index is 3.17. The van der Waals surface area contributed by atoms with Crippen LogP contribution in [-0.2, 0) is 4.74 Å². The van der Waals surface area contributed by atoms with E-state index in [1.807, 2.05) is 13.8 Å². The zero-order valence-corrected chi connectivity index (χ0v) is 11.9. The lowest BCUT2D eigenvalue weighted by atomic mass is 9.90. The minimum atomic E-state index is -0.174. The number of ether oxygens (including phenoxy) is 1. The maximum Gasteiger partial charge on any atom is 0.0683 e. The first-order valence-corrected chi connectivity index (χ1v) is 6.71. The topological polar surface area (TPSA) is 45.0 Å². The van der Waals surface area contributed by atoms with Crippen LogP contribution in [0.5, 0.6) is 0 Å². The molecule has 17 heavy (non-hydrogen) atoms. The third-order valence-electron chi connectivity index (χ3n) is 2.66. The molecule has 0 amide bonds. The SMILES string of the molecule is CC(C)OCCCCNCCCC(C)(C)C#N. The highest BCUT2D eigenvalue weighted by Crippen LogP contribution is 2.19. The van der Waals surface area contributed by atoms with Gasteiger partial charge < -0.3 is 10.1 Å². The molecule has 0 fully saturated rings. The third-order valence-corrected chi connectivity index (χ3v) is 2.66. The van der Waals surface area contributed by atoms with Gasteiger partial charge in [-0.05, 0) is 66.5 Å². The molecule has 0 saturated carbocycles. The fourth-order valence-corrected chi connectivity index (χ4v) is 1.51. The molecule has 0 radical (unpaired) electrons. The van der Waals surface area contributed by atoms with Crippen molar-refractivity contribution in [1.29, 1.82) is 5.26 Å². The maximum absolute atomic E-state index is 8.85. The smallest absolute Gasteiger partial charge is 0.0683 e. The fraction of sp³-hybridized carbons (Fsp3) is 0.929. The molecular weight excluding hydrogens is 212 g/mol. The largest absolute Gasteiger partial charge is 0.379 e. The molecule has 0 heterocycles. The number of hydrogen-bond donors (Lipinski definition) is 1. The molecule has 0 bridgehead atoms. The van der Waals surface area contributed by atoms with E-state index in [1.165, 1.54) is 0 Å². The third kappa shape index (κ3) is 11.7. The van der Waals surface area contributed by atoms with E-state index in [9.17, 15) is 0 Å². The second kappa shape index (κ2) is 9.44. The van der Waals surface area contributed by atoms with Gasteiger partial charge in [0.2, 0.25) is 0 Å². The first-order chi connectivity index (χ1) is 7.98. The molecule has 3 nitrogen and oxygen atoms in total. The highest BCUT2D eigenvalue weighted by Gasteiger charge is 2.14. The molecule has 0 aliphatic heterocycles. The average Bonchev–Trinajstić information content (AvgIpc) is 2.26. The van der Waals surface area contributed by atoms with Crippen molar-refractivity contribution in [2.75, 3.05) is 19.7 Å². The monoisotopic (exact) mass is 240 g/mol. The summed E-state index contributed by atoms with van der Waals surface area (Å²) in [7, 11) is 0. The molecule has 0 spiro atoms. The van der Waals surface area contributed by atoms with Gasteiger partial charge in [0.15, 0.2) is 0 Å². The second-order valence-corrected chi connectivity index (χ2v) is 5.48. The Morgan fingerprint density at radius 2 is 1.82 bits per heavy atom. The lowest BCUT2D eigenvalue weighted by Crippen LogP contribution is -2.19. The van der Waals surface area contributed by atoms with Gasteiger partial charge in [-0.25, -0.2) is 0 Å². The van der Waals surface area contributed by atoms with E-state index in [-0.39, 0.29) is 5.41 Å². The number of nitrogens with zero attached hydrogens (tertiary/aromatic N) is 1. The molecule has 0 rings (SSSR count). The molecule has 0 aromatic rings. The van der Waals surface area contributed by atoms with Crippen molar-refractivity contribution in [2.45, 2.75) is 59.5 Å². The van der Waals surface area contributed by atoms with Crippen LogP contribution in [0.2, 0.25) is 0 Å². The van der Waals surface area contributed by atoms with E-state index in [0.717, 1.165) is 45.4 Å². The standard InChI is InChI=1S/C14H28N2O/c1-13(2)17-11-6-5-9-16-10-7-8-14(3,4)12-15/h13,16H,5-11H2,1-4H3. The van der Waals surface area contributed by atoms with E-state index >= 15 is 0 Å². The molecule has 0 unspecified atom stereocenters. The summed E-state index contributed by atoms with van der Waals surface area (Å²) in [6.07, 6.45) is 4.66. The van der Waals surface area contributed by atoms with Crippen molar-refractivity contribution in [3.05, 3.63) is 0 Å². The molecular formula is C14H28N2O. The number of hydrogen-bond acceptors (Lipinski definition) is 3. The van der Waals surface area contributed by atoms with Crippen LogP contribution >= 0.6 is 0 Å². The lowest BCUT2D eigenvalue weighted by molar-refractivity contribution is 0.0760. The summed E-state index contributed by atoms with van der Waals surface area (Å²) in [4.78, 5) is 0. The Morgan fingerprint density at radius 3 is 2.41 bits per heavy atom. The first-order valence-electron chi connectivity index (χ1n) is 6.71. The van der Waals surface area contributed by atoms with Gasteiger partial charge >= 0.3 is 0 Å². The Hall–Kier alpha value is -0.590. The van der Waals surface area contributed by atoms with Crippen LogP contribution in [0.4, 0.5) is 0 Å². The molecule has 0 aromatic carbocycles. The summed E-state index contributed by atoms with van der Waals surface area (Å²) in [5, 5.41) is 12.3. The van der Waals surface area contributed by atoms with E-state index in [4.69, 9.17) is 10.00 Å². The van der Waals surface area contributed by atoms with Crippen molar-refractivity contribution >= 4 is 0 Å². The van der Waals surface area contributed by atoms with Gasteiger partial charge in [-0.15, -0.1) is 0 Å². The minimum absolute atomic E-state index is 0.174. The molecule has 0 saturated heterocycles. The van der Waals surface area contributed by atoms with E-state index in [0.29, 0.717) is 6.10 Å². The highest BCUT2D eigenvalue weighted by atomic mass is 16.5. The van der Waals surface area contributed by atoms with Crippen LogP contribution in [-0.4, -0.2) is 25.8 Å². The molecule has 0 atom stereocenters. The van der Waals surface area contributed by atoms with Crippen LogP contribution in [0, 0.1) is 16.7 Å². The van der Waals surface area contributed by atoms with Crippen LogP contribution < -0.4 is 5.32 Å². The van der Waals surface area contributed by atoms with Gasteiger partial charge in [0, 0.05) is 6.61 Å². The zero-order chi connectivity index (χ0) is 13.1. The predicted octanol–water partition coefficient (Wildman–Crippen LogP) is 3.11. The fourth-order valence-electron chi connectivity index (χ4n) is 1.51. The summed E-state index contributed by atoms with van der Waals surface area (Å²) in [5.41, 5.74) is -0.174. The summed E-state index contributed by atoms with van der Waals surface area (Å²) < 4.78 is 5.46. The summed E-state index contributed by atoms with van der Waals surface area (Å²) in [6.45, 7) is 11.0. The van der Waals surface area contributed by atoms with E-state index in [2.05, 4.69) is 25.2 Å². The van der Waals surface area contributed by atoms with Crippen molar-refractivity contribution < 1.29 is 4.74 Å². The molecule has 0 aliphatic carbocycles. The van der Waals surface area contributed by atoms with Gasteiger partial charge in [0.25, 0.3) is 0 Å². The van der Waals surface area contributed by atoms with Gasteiger partial charge in [0.1, 0.15) is 0 Å².